The van der Waals surface area contributed by atoms with E-state index >= 15 is 0 Å². The number of imide groups is 1. The lowest BCUT2D eigenvalue weighted by molar-refractivity contribution is 0.0570. The molecular formula is C26H21FN6O2. The molecule has 35 heavy (non-hydrogen) atoms. The lowest BCUT2D eigenvalue weighted by Crippen LogP contribution is -2.34. The van der Waals surface area contributed by atoms with Crippen LogP contribution in [0.4, 0.5) is 4.39 Å². The predicted octanol–water partition coefficient (Wildman–Crippen LogP) is 4.57. The summed E-state index contributed by atoms with van der Waals surface area (Å²) in [6.07, 6.45) is 2.04. The molecule has 8 nitrogen and oxygen atoms in total. The topological polar surface area (TPSA) is 85.4 Å². The fourth-order valence-electron chi connectivity index (χ4n) is 4.90. The Labute approximate surface area is 199 Å². The summed E-state index contributed by atoms with van der Waals surface area (Å²) in [5.41, 5.74) is 4.75. The molecule has 1 aliphatic heterocycles. The summed E-state index contributed by atoms with van der Waals surface area (Å²) < 4.78 is 17.1. The maximum absolute atomic E-state index is 13.5. The Morgan fingerprint density at radius 1 is 0.943 bits per heavy atom. The highest BCUT2D eigenvalue weighted by molar-refractivity contribution is 6.21. The lowest BCUT2D eigenvalue weighted by Gasteiger charge is -2.22. The van der Waals surface area contributed by atoms with Gasteiger partial charge in [0.15, 0.2) is 17.1 Å². The highest BCUT2D eigenvalue weighted by atomic mass is 19.1. The molecule has 6 rings (SSSR count). The van der Waals surface area contributed by atoms with Crippen molar-refractivity contribution in [1.29, 1.82) is 0 Å². The molecule has 1 aliphatic rings. The van der Waals surface area contributed by atoms with Crippen molar-refractivity contribution in [3.05, 3.63) is 88.9 Å². The Bertz CT molecular complexity index is 1630. The number of aryl methyl sites for hydroxylation is 1. The summed E-state index contributed by atoms with van der Waals surface area (Å²) in [5, 5.41) is 5.42. The molecule has 0 spiro atoms. The van der Waals surface area contributed by atoms with Gasteiger partial charge in [-0.2, -0.15) is 0 Å². The normalized spacial score (nSPS) is 14.3. The second kappa shape index (κ2) is 7.56. The third-order valence-electron chi connectivity index (χ3n) is 6.76. The van der Waals surface area contributed by atoms with Gasteiger partial charge in [-0.25, -0.2) is 18.9 Å². The van der Waals surface area contributed by atoms with Crippen molar-refractivity contribution in [3.8, 4) is 5.69 Å². The molecule has 2 amide bonds. The molecule has 0 saturated carbocycles. The Morgan fingerprint density at radius 2 is 1.60 bits per heavy atom. The molecule has 1 atom stereocenters. The number of nitrogens with zero attached hydrogens (tertiary/aromatic N) is 6. The van der Waals surface area contributed by atoms with Gasteiger partial charge >= 0.3 is 0 Å². The van der Waals surface area contributed by atoms with E-state index in [0.29, 0.717) is 34.7 Å². The number of halogens is 1. The molecule has 0 saturated heterocycles. The number of benzene rings is 2. The number of fused-ring (bicyclic) bond motifs is 4. The minimum atomic E-state index is -0.613. The predicted molar refractivity (Wildman–Crippen MR) is 127 cm³/mol. The average molecular weight is 468 g/mol. The minimum Gasteiger partial charge on any atom is -0.298 e. The number of amides is 2. The summed E-state index contributed by atoms with van der Waals surface area (Å²) in [6, 6.07) is 12.4. The summed E-state index contributed by atoms with van der Waals surface area (Å²) in [7, 11) is 0. The van der Waals surface area contributed by atoms with Crippen LogP contribution < -0.4 is 0 Å². The van der Waals surface area contributed by atoms with E-state index in [9.17, 15) is 14.0 Å². The van der Waals surface area contributed by atoms with E-state index in [-0.39, 0.29) is 17.6 Å². The summed E-state index contributed by atoms with van der Waals surface area (Å²) in [5.74, 6) is -0.609. The first-order chi connectivity index (χ1) is 16.9. The van der Waals surface area contributed by atoms with Gasteiger partial charge in [-0.3, -0.25) is 19.1 Å². The zero-order valence-electron chi connectivity index (χ0n) is 19.4. The van der Waals surface area contributed by atoms with Crippen LogP contribution in [0.5, 0.6) is 0 Å². The molecule has 5 aromatic rings. The number of hydrogen-bond donors (Lipinski definition) is 0. The first-order valence-corrected chi connectivity index (χ1v) is 11.4. The fraction of sp³-hybridized carbons (Fsp3) is 0.192. The van der Waals surface area contributed by atoms with Crippen molar-refractivity contribution >= 4 is 28.5 Å². The summed E-state index contributed by atoms with van der Waals surface area (Å²) >= 11 is 0. The zero-order chi connectivity index (χ0) is 24.4. The molecule has 0 aliphatic carbocycles. The Morgan fingerprint density at radius 3 is 2.23 bits per heavy atom. The average Bonchev–Trinajstić information content (AvgIpc) is 3.48. The highest BCUT2D eigenvalue weighted by Crippen LogP contribution is 2.34. The molecule has 4 heterocycles. The van der Waals surface area contributed by atoms with Crippen molar-refractivity contribution in [1.82, 2.24) is 29.0 Å². The van der Waals surface area contributed by atoms with E-state index in [1.54, 1.807) is 47.2 Å². The molecule has 0 fully saturated rings. The van der Waals surface area contributed by atoms with Crippen LogP contribution in [0.2, 0.25) is 0 Å². The molecule has 0 N–H and O–H groups in total. The van der Waals surface area contributed by atoms with Crippen molar-refractivity contribution in [3.63, 3.8) is 0 Å². The molecule has 9 heteroatoms. The Hall–Kier alpha value is -4.40. The number of rotatable bonds is 4. The Kier molecular flexibility index (Phi) is 4.57. The van der Waals surface area contributed by atoms with Gasteiger partial charge in [0.25, 0.3) is 11.8 Å². The maximum Gasteiger partial charge on any atom is 0.262 e. The van der Waals surface area contributed by atoms with Crippen molar-refractivity contribution in [2.24, 2.45) is 0 Å². The first kappa shape index (κ1) is 21.2. The van der Waals surface area contributed by atoms with Gasteiger partial charge in [-0.1, -0.05) is 19.1 Å². The smallest absolute Gasteiger partial charge is 0.262 e. The Balaban J connectivity index is 1.50. The van der Waals surface area contributed by atoms with Crippen LogP contribution in [-0.2, 0) is 0 Å². The van der Waals surface area contributed by atoms with Crippen LogP contribution in [-0.4, -0.2) is 40.9 Å². The minimum absolute atomic E-state index is 0.309. The third-order valence-corrected chi connectivity index (χ3v) is 6.76. The van der Waals surface area contributed by atoms with Crippen LogP contribution in [0.15, 0.2) is 54.9 Å². The number of carbonyl (C=O) groups excluding carboxylic acids is 2. The molecule has 0 radical (unpaired) electrons. The zero-order valence-corrected chi connectivity index (χ0v) is 19.4. The monoisotopic (exact) mass is 468 g/mol. The van der Waals surface area contributed by atoms with E-state index in [0.717, 1.165) is 22.3 Å². The SMILES string of the molecule is CCC(c1nc2c3c(C)c(C)n(-c4ccc(F)cc4)c3ncn2n1)N1C(=O)c2ccccc2C1=O. The molecule has 0 bridgehead atoms. The van der Waals surface area contributed by atoms with Crippen molar-refractivity contribution < 1.29 is 14.0 Å². The second-order valence-corrected chi connectivity index (χ2v) is 8.65. The summed E-state index contributed by atoms with van der Waals surface area (Å²) in [6.45, 7) is 5.85. The lowest BCUT2D eigenvalue weighted by atomic mass is 10.1. The molecule has 3 aromatic heterocycles. The van der Waals surface area contributed by atoms with Crippen LogP contribution in [0, 0.1) is 19.7 Å². The van der Waals surface area contributed by atoms with E-state index in [2.05, 4.69) is 10.1 Å². The quantitative estimate of drug-likeness (QED) is 0.361. The van der Waals surface area contributed by atoms with Crippen LogP contribution in [0.1, 0.15) is 57.2 Å². The molecule has 174 valence electrons. The van der Waals surface area contributed by atoms with Crippen LogP contribution in [0.25, 0.3) is 22.4 Å². The third kappa shape index (κ3) is 2.94. The van der Waals surface area contributed by atoms with Crippen LogP contribution >= 0.6 is 0 Å². The van der Waals surface area contributed by atoms with Crippen LogP contribution in [0.3, 0.4) is 0 Å². The van der Waals surface area contributed by atoms with E-state index in [1.807, 2.05) is 25.3 Å². The van der Waals surface area contributed by atoms with Gasteiger partial charge in [0.05, 0.1) is 16.5 Å². The number of carbonyl (C=O) groups is 2. The van der Waals surface area contributed by atoms with Crippen molar-refractivity contribution in [2.45, 2.75) is 33.2 Å². The number of hydrogen-bond acceptors (Lipinski definition) is 5. The van der Waals surface area contributed by atoms with Gasteiger partial charge in [-0.05, 0) is 62.2 Å². The van der Waals surface area contributed by atoms with Gasteiger partial charge in [-0.15, -0.1) is 5.10 Å². The summed E-state index contributed by atoms with van der Waals surface area (Å²) in [4.78, 5) is 36.9. The van der Waals surface area contributed by atoms with E-state index < -0.39 is 6.04 Å². The molecule has 2 aromatic carbocycles. The van der Waals surface area contributed by atoms with E-state index in [4.69, 9.17) is 4.98 Å². The van der Waals surface area contributed by atoms with Gasteiger partial charge < -0.3 is 0 Å². The van der Waals surface area contributed by atoms with Gasteiger partial charge in [0.2, 0.25) is 0 Å². The van der Waals surface area contributed by atoms with Gasteiger partial charge in [0, 0.05) is 11.4 Å². The standard InChI is InChI=1S/C26H21FN6O2/c1-4-20(33-25(34)18-7-5-6-8-19(18)26(33)35)22-29-24-21-14(2)15(3)32(17-11-9-16(27)10-12-17)23(21)28-13-31(24)30-22/h5-13,20H,4H2,1-3H3. The first-order valence-electron chi connectivity index (χ1n) is 11.4. The molecular weight excluding hydrogens is 447 g/mol. The van der Waals surface area contributed by atoms with Crippen molar-refractivity contribution in [2.75, 3.05) is 0 Å². The number of aromatic nitrogens is 5. The van der Waals surface area contributed by atoms with E-state index in [1.165, 1.54) is 17.0 Å². The fourth-order valence-corrected chi connectivity index (χ4v) is 4.90. The maximum atomic E-state index is 13.5. The molecule has 1 unspecified atom stereocenters. The largest absolute Gasteiger partial charge is 0.298 e. The highest BCUT2D eigenvalue weighted by Gasteiger charge is 2.41. The van der Waals surface area contributed by atoms with Gasteiger partial charge in [0.1, 0.15) is 18.2 Å². The second-order valence-electron chi connectivity index (χ2n) is 8.65.